The van der Waals surface area contributed by atoms with E-state index in [0.717, 1.165) is 19.6 Å². The summed E-state index contributed by atoms with van der Waals surface area (Å²) in [6.45, 7) is 12.4. The Morgan fingerprint density at radius 1 is 1.24 bits per heavy atom. The maximum Gasteiger partial charge on any atom is 0.259 e. The summed E-state index contributed by atoms with van der Waals surface area (Å²) in [6.07, 6.45) is 3.04. The Kier molecular flexibility index (Phi) is 7.15. The molecule has 5 nitrogen and oxygen atoms in total. The van der Waals surface area contributed by atoms with E-state index >= 15 is 0 Å². The fourth-order valence-electron chi connectivity index (χ4n) is 2.27. The molecule has 1 amide bonds. The maximum absolute atomic E-state index is 12.6. The molecule has 0 aliphatic rings. The van der Waals surface area contributed by atoms with Gasteiger partial charge in [-0.25, -0.2) is 0 Å². The van der Waals surface area contributed by atoms with Gasteiger partial charge in [0.25, 0.3) is 5.91 Å². The minimum atomic E-state index is -0.227. The maximum atomic E-state index is 12.6. The van der Waals surface area contributed by atoms with Crippen LogP contribution in [0.1, 0.15) is 38.1 Å². The molecule has 1 rings (SSSR count). The smallest absolute Gasteiger partial charge is 0.259 e. The highest BCUT2D eigenvalue weighted by atomic mass is 16.2. The van der Waals surface area contributed by atoms with E-state index in [2.05, 4.69) is 37.6 Å². The van der Waals surface area contributed by atoms with Gasteiger partial charge in [0.1, 0.15) is 5.56 Å². The number of pyridine rings is 1. The van der Waals surface area contributed by atoms with Gasteiger partial charge in [0.15, 0.2) is 5.43 Å². The molecule has 5 heteroatoms. The van der Waals surface area contributed by atoms with Gasteiger partial charge in [0.2, 0.25) is 0 Å². The number of nitrogens with zero attached hydrogens (tertiary/aromatic N) is 2. The minimum absolute atomic E-state index is 0.183. The third-order valence-electron chi connectivity index (χ3n) is 3.51. The minimum Gasteiger partial charge on any atom is -0.367 e. The van der Waals surface area contributed by atoms with Crippen molar-refractivity contribution in [3.05, 3.63) is 34.2 Å². The van der Waals surface area contributed by atoms with Crippen molar-refractivity contribution >= 4 is 5.91 Å². The van der Waals surface area contributed by atoms with Crippen LogP contribution in [0.4, 0.5) is 0 Å². The Morgan fingerprint density at radius 2 is 1.90 bits per heavy atom. The van der Waals surface area contributed by atoms with Crippen LogP contribution in [0.25, 0.3) is 0 Å². The van der Waals surface area contributed by atoms with Crippen molar-refractivity contribution in [1.29, 1.82) is 0 Å². The lowest BCUT2D eigenvalue weighted by molar-refractivity contribution is 0.0715. The predicted octanol–water partition coefficient (Wildman–Crippen LogP) is 1.81. The number of hydrogen-bond acceptors (Lipinski definition) is 3. The van der Waals surface area contributed by atoms with E-state index in [1.807, 2.05) is 0 Å². The van der Waals surface area contributed by atoms with Crippen LogP contribution in [0.2, 0.25) is 0 Å². The zero-order valence-corrected chi connectivity index (χ0v) is 13.6. The molecule has 0 unspecified atom stereocenters. The molecule has 0 spiro atoms. The van der Waals surface area contributed by atoms with Gasteiger partial charge in [-0.1, -0.05) is 27.7 Å². The van der Waals surface area contributed by atoms with Crippen molar-refractivity contribution in [3.8, 4) is 0 Å². The highest BCUT2D eigenvalue weighted by molar-refractivity contribution is 5.93. The first-order valence-corrected chi connectivity index (χ1v) is 7.68. The zero-order chi connectivity index (χ0) is 15.8. The van der Waals surface area contributed by atoms with Gasteiger partial charge < -0.3 is 14.8 Å². The number of aromatic nitrogens is 1. The Morgan fingerprint density at radius 3 is 2.43 bits per heavy atom. The van der Waals surface area contributed by atoms with Crippen LogP contribution >= 0.6 is 0 Å². The van der Waals surface area contributed by atoms with Crippen LogP contribution in [-0.4, -0.2) is 53.4 Å². The molecule has 1 aromatic rings. The topological polar surface area (TPSA) is 56.4 Å². The van der Waals surface area contributed by atoms with E-state index < -0.39 is 0 Å². The first-order valence-electron chi connectivity index (χ1n) is 7.68. The molecule has 0 aliphatic heterocycles. The predicted molar refractivity (Wildman–Crippen MR) is 85.6 cm³/mol. The zero-order valence-electron chi connectivity index (χ0n) is 13.6. The van der Waals surface area contributed by atoms with Gasteiger partial charge in [-0.15, -0.1) is 0 Å². The number of H-pyrrole nitrogens is 1. The molecule has 1 aromatic heterocycles. The molecule has 118 valence electrons. The average Bonchev–Trinajstić information content (AvgIpc) is 2.46. The van der Waals surface area contributed by atoms with Crippen molar-refractivity contribution < 1.29 is 4.79 Å². The summed E-state index contributed by atoms with van der Waals surface area (Å²) in [5.74, 6) is 0.186. The molecular formula is C16H27N3O2. The Labute approximate surface area is 127 Å². The number of carbonyl (C=O) groups excluding carboxylic acids is 1. The number of rotatable bonds is 8. The fraction of sp³-hybridized carbons (Fsp3) is 0.625. The largest absolute Gasteiger partial charge is 0.367 e. The Hall–Kier alpha value is -1.62. The normalized spacial score (nSPS) is 11.1. The number of carbonyl (C=O) groups is 1. The Balaban J connectivity index is 2.84. The number of nitrogens with one attached hydrogen (secondary N) is 1. The molecular weight excluding hydrogens is 266 g/mol. The number of aromatic amines is 1. The van der Waals surface area contributed by atoms with Gasteiger partial charge in [0, 0.05) is 38.1 Å². The van der Waals surface area contributed by atoms with E-state index in [1.165, 1.54) is 12.3 Å². The molecule has 0 radical (unpaired) electrons. The van der Waals surface area contributed by atoms with Crippen LogP contribution in [0.15, 0.2) is 23.3 Å². The second-order valence-electron chi connectivity index (χ2n) is 5.59. The van der Waals surface area contributed by atoms with E-state index in [9.17, 15) is 9.59 Å². The molecule has 0 saturated heterocycles. The molecule has 0 aliphatic carbocycles. The standard InChI is InChI=1S/C16H27N3O2/c1-5-18(6-2)9-10-19(12-13(3)4)16(21)14-11-17-8-7-15(14)20/h7-8,11,13H,5-6,9-10,12H2,1-4H3,(H,17,20). The van der Waals surface area contributed by atoms with E-state index in [1.54, 1.807) is 11.1 Å². The Bertz CT molecular complexity index is 492. The quantitative estimate of drug-likeness (QED) is 0.795. The van der Waals surface area contributed by atoms with Crippen molar-refractivity contribution in [2.45, 2.75) is 27.7 Å². The SMILES string of the molecule is CCN(CC)CCN(CC(C)C)C(=O)c1c[nH]ccc1=O. The third-order valence-corrected chi connectivity index (χ3v) is 3.51. The van der Waals surface area contributed by atoms with Crippen molar-refractivity contribution in [2.75, 3.05) is 32.7 Å². The van der Waals surface area contributed by atoms with Crippen LogP contribution in [0, 0.1) is 5.92 Å². The number of amides is 1. The lowest BCUT2D eigenvalue weighted by Crippen LogP contribution is -2.42. The summed E-state index contributed by atoms with van der Waals surface area (Å²) in [5.41, 5.74) is -0.00644. The van der Waals surface area contributed by atoms with Crippen LogP contribution < -0.4 is 5.43 Å². The molecule has 0 aromatic carbocycles. The number of likely N-dealkylation sites (N-methyl/N-ethyl adjacent to an activating group) is 1. The van der Waals surface area contributed by atoms with Crippen LogP contribution in [0.5, 0.6) is 0 Å². The van der Waals surface area contributed by atoms with Crippen molar-refractivity contribution in [2.24, 2.45) is 5.92 Å². The van der Waals surface area contributed by atoms with Gasteiger partial charge in [-0.3, -0.25) is 9.59 Å². The first kappa shape index (κ1) is 17.4. The third kappa shape index (κ3) is 5.34. The molecule has 1 heterocycles. The summed E-state index contributed by atoms with van der Waals surface area (Å²) in [4.78, 5) is 31.3. The summed E-state index contributed by atoms with van der Waals surface area (Å²) in [6, 6.07) is 1.39. The number of hydrogen-bond donors (Lipinski definition) is 1. The molecule has 1 N–H and O–H groups in total. The molecule has 0 fully saturated rings. The average molecular weight is 293 g/mol. The van der Waals surface area contributed by atoms with Crippen molar-refractivity contribution in [1.82, 2.24) is 14.8 Å². The van der Waals surface area contributed by atoms with Gasteiger partial charge in [-0.2, -0.15) is 0 Å². The van der Waals surface area contributed by atoms with E-state index in [-0.39, 0.29) is 16.9 Å². The van der Waals surface area contributed by atoms with Crippen LogP contribution in [-0.2, 0) is 0 Å². The molecule has 0 atom stereocenters. The summed E-state index contributed by atoms with van der Waals surface area (Å²) in [7, 11) is 0. The van der Waals surface area contributed by atoms with E-state index in [4.69, 9.17) is 0 Å². The molecule has 0 bridgehead atoms. The van der Waals surface area contributed by atoms with Gasteiger partial charge >= 0.3 is 0 Å². The highest BCUT2D eigenvalue weighted by Crippen LogP contribution is 2.05. The first-order chi connectivity index (χ1) is 9.99. The summed E-state index contributed by atoms with van der Waals surface area (Å²) in [5, 5.41) is 0. The summed E-state index contributed by atoms with van der Waals surface area (Å²) < 4.78 is 0. The van der Waals surface area contributed by atoms with E-state index in [0.29, 0.717) is 19.0 Å². The highest BCUT2D eigenvalue weighted by Gasteiger charge is 2.19. The second kappa shape index (κ2) is 8.62. The van der Waals surface area contributed by atoms with Crippen LogP contribution in [0.3, 0.4) is 0 Å². The lowest BCUT2D eigenvalue weighted by Gasteiger charge is -2.27. The monoisotopic (exact) mass is 293 g/mol. The lowest BCUT2D eigenvalue weighted by atomic mass is 10.1. The second-order valence-corrected chi connectivity index (χ2v) is 5.59. The summed E-state index contributed by atoms with van der Waals surface area (Å²) >= 11 is 0. The molecule has 0 saturated carbocycles. The van der Waals surface area contributed by atoms with Gasteiger partial charge in [-0.05, 0) is 19.0 Å². The van der Waals surface area contributed by atoms with Crippen molar-refractivity contribution in [3.63, 3.8) is 0 Å². The van der Waals surface area contributed by atoms with Gasteiger partial charge in [0.05, 0.1) is 0 Å². The molecule has 21 heavy (non-hydrogen) atoms. The fourth-order valence-corrected chi connectivity index (χ4v) is 2.27.